The molecule has 2 N–H and O–H groups in total. The quantitative estimate of drug-likeness (QED) is 0.563. The Morgan fingerprint density at radius 2 is 1.86 bits per heavy atom. The maximum atomic E-state index is 11.0. The molecule has 0 amide bonds. The Morgan fingerprint density at radius 1 is 1.21 bits per heavy atom. The van der Waals surface area contributed by atoms with Gasteiger partial charge in [0.2, 0.25) is 11.6 Å². The first kappa shape index (κ1) is 10.3. The Hall–Kier alpha value is -1.74. The van der Waals surface area contributed by atoms with Crippen molar-refractivity contribution >= 4 is 17.6 Å². The molecule has 1 aromatic carbocycles. The van der Waals surface area contributed by atoms with E-state index in [1.165, 1.54) is 6.08 Å². The van der Waals surface area contributed by atoms with Gasteiger partial charge in [-0.2, -0.15) is 0 Å². The maximum absolute atomic E-state index is 11.0. The van der Waals surface area contributed by atoms with Crippen LogP contribution in [0.5, 0.6) is 0 Å². The largest absolute Gasteiger partial charge is 0.324 e. The monoisotopic (exact) mass is 189 g/mol. The second kappa shape index (κ2) is 5.09. The Bertz CT molecular complexity index is 355. The summed E-state index contributed by atoms with van der Waals surface area (Å²) < 4.78 is 0. The van der Waals surface area contributed by atoms with E-state index in [4.69, 9.17) is 5.73 Å². The summed E-state index contributed by atoms with van der Waals surface area (Å²) in [4.78, 5) is 21.8. The maximum Gasteiger partial charge on any atom is 0.222 e. The minimum Gasteiger partial charge on any atom is -0.324 e. The first-order chi connectivity index (χ1) is 6.74. The highest BCUT2D eigenvalue weighted by molar-refractivity contribution is 6.42. The molecule has 14 heavy (non-hydrogen) atoms. The molecular formula is C11H11NO2. The van der Waals surface area contributed by atoms with Gasteiger partial charge in [0.1, 0.15) is 0 Å². The summed E-state index contributed by atoms with van der Waals surface area (Å²) in [6.45, 7) is -0.238. The van der Waals surface area contributed by atoms with Crippen LogP contribution in [0.15, 0.2) is 36.4 Å². The third-order valence-corrected chi connectivity index (χ3v) is 1.69. The molecule has 0 aliphatic heterocycles. The molecule has 0 unspecified atom stereocenters. The number of Topliss-reactive ketones (excluding diaryl/α,β-unsaturated/α-hetero) is 1. The van der Waals surface area contributed by atoms with E-state index in [1.807, 2.05) is 30.3 Å². The third-order valence-electron chi connectivity index (χ3n) is 1.69. The molecule has 1 rings (SSSR count). The Kier molecular flexibility index (Phi) is 3.76. The van der Waals surface area contributed by atoms with Crippen molar-refractivity contribution in [3.05, 3.63) is 42.0 Å². The van der Waals surface area contributed by atoms with Crippen LogP contribution in [0.2, 0.25) is 0 Å². The van der Waals surface area contributed by atoms with Crippen molar-refractivity contribution in [2.75, 3.05) is 6.54 Å². The molecule has 0 aliphatic rings. The topological polar surface area (TPSA) is 60.2 Å². The minimum absolute atomic E-state index is 0.238. The van der Waals surface area contributed by atoms with E-state index >= 15 is 0 Å². The molecule has 0 fully saturated rings. The van der Waals surface area contributed by atoms with E-state index in [0.717, 1.165) is 5.56 Å². The van der Waals surface area contributed by atoms with Gasteiger partial charge in [0.25, 0.3) is 0 Å². The molecule has 0 aromatic heterocycles. The Labute approximate surface area is 82.2 Å². The molecule has 72 valence electrons. The van der Waals surface area contributed by atoms with Crippen LogP contribution in [0.1, 0.15) is 5.56 Å². The summed E-state index contributed by atoms with van der Waals surface area (Å²) in [5, 5.41) is 0. The lowest BCUT2D eigenvalue weighted by Gasteiger charge is -1.91. The normalized spacial score (nSPS) is 10.4. The zero-order valence-electron chi connectivity index (χ0n) is 7.64. The van der Waals surface area contributed by atoms with E-state index < -0.39 is 11.6 Å². The number of nitrogens with two attached hydrogens (primary N) is 1. The second-order valence-corrected chi connectivity index (χ2v) is 2.74. The van der Waals surface area contributed by atoms with E-state index in [-0.39, 0.29) is 6.54 Å². The number of carbonyl (C=O) groups excluding carboxylic acids is 2. The van der Waals surface area contributed by atoms with Crippen molar-refractivity contribution < 1.29 is 9.59 Å². The zero-order chi connectivity index (χ0) is 10.4. The Morgan fingerprint density at radius 3 is 2.43 bits per heavy atom. The Balaban J connectivity index is 2.65. The number of hydrogen-bond acceptors (Lipinski definition) is 3. The summed E-state index contributed by atoms with van der Waals surface area (Å²) in [6.07, 6.45) is 2.83. The van der Waals surface area contributed by atoms with Crippen LogP contribution < -0.4 is 5.73 Å². The fourth-order valence-corrected chi connectivity index (χ4v) is 0.930. The van der Waals surface area contributed by atoms with Gasteiger partial charge in [-0.15, -0.1) is 0 Å². The van der Waals surface area contributed by atoms with E-state index in [9.17, 15) is 9.59 Å². The molecule has 0 saturated heterocycles. The van der Waals surface area contributed by atoms with Gasteiger partial charge in [-0.25, -0.2) is 0 Å². The lowest BCUT2D eigenvalue weighted by Crippen LogP contribution is -2.21. The predicted molar refractivity (Wildman–Crippen MR) is 54.5 cm³/mol. The van der Waals surface area contributed by atoms with Crippen LogP contribution in [-0.2, 0) is 9.59 Å². The summed E-state index contributed by atoms with van der Waals surface area (Å²) >= 11 is 0. The van der Waals surface area contributed by atoms with Gasteiger partial charge in [-0.3, -0.25) is 9.59 Å². The average Bonchev–Trinajstić information content (AvgIpc) is 2.26. The number of ketones is 2. The third kappa shape index (κ3) is 2.95. The van der Waals surface area contributed by atoms with Crippen molar-refractivity contribution in [2.45, 2.75) is 0 Å². The van der Waals surface area contributed by atoms with Crippen molar-refractivity contribution in [3.8, 4) is 0 Å². The van der Waals surface area contributed by atoms with Gasteiger partial charge in [0, 0.05) is 0 Å². The standard InChI is InChI=1S/C11H11NO2/c12-8-11(14)10(13)7-6-9-4-2-1-3-5-9/h1-7H,8,12H2/b7-6+. The van der Waals surface area contributed by atoms with Crippen LogP contribution in [-0.4, -0.2) is 18.1 Å². The molecule has 0 radical (unpaired) electrons. The molecule has 0 spiro atoms. The van der Waals surface area contributed by atoms with Gasteiger partial charge >= 0.3 is 0 Å². The van der Waals surface area contributed by atoms with E-state index in [2.05, 4.69) is 0 Å². The summed E-state index contributed by atoms with van der Waals surface area (Å²) in [5.41, 5.74) is 5.92. The number of rotatable bonds is 4. The van der Waals surface area contributed by atoms with Crippen LogP contribution >= 0.6 is 0 Å². The van der Waals surface area contributed by atoms with Crippen molar-refractivity contribution in [3.63, 3.8) is 0 Å². The van der Waals surface area contributed by atoms with Crippen molar-refractivity contribution in [2.24, 2.45) is 5.73 Å². The van der Waals surface area contributed by atoms with Crippen LogP contribution in [0.3, 0.4) is 0 Å². The van der Waals surface area contributed by atoms with E-state index in [1.54, 1.807) is 6.08 Å². The van der Waals surface area contributed by atoms with Crippen LogP contribution in [0.4, 0.5) is 0 Å². The molecular weight excluding hydrogens is 178 g/mol. The molecule has 0 saturated carbocycles. The summed E-state index contributed by atoms with van der Waals surface area (Å²) in [5.74, 6) is -1.13. The van der Waals surface area contributed by atoms with Gasteiger partial charge in [-0.1, -0.05) is 36.4 Å². The number of hydrogen-bond donors (Lipinski definition) is 1. The van der Waals surface area contributed by atoms with Crippen LogP contribution in [0.25, 0.3) is 6.08 Å². The molecule has 3 heteroatoms. The fraction of sp³-hybridized carbons (Fsp3) is 0.0909. The van der Waals surface area contributed by atoms with Crippen molar-refractivity contribution in [1.29, 1.82) is 0 Å². The van der Waals surface area contributed by atoms with Gasteiger partial charge in [0.15, 0.2) is 0 Å². The highest BCUT2D eigenvalue weighted by atomic mass is 16.2. The van der Waals surface area contributed by atoms with Gasteiger partial charge in [-0.05, 0) is 11.6 Å². The SMILES string of the molecule is NCC(=O)C(=O)/C=C/c1ccccc1. The van der Waals surface area contributed by atoms with Gasteiger partial charge < -0.3 is 5.73 Å². The minimum atomic E-state index is -0.572. The lowest BCUT2D eigenvalue weighted by molar-refractivity contribution is -0.132. The van der Waals surface area contributed by atoms with Gasteiger partial charge in [0.05, 0.1) is 6.54 Å². The van der Waals surface area contributed by atoms with E-state index in [0.29, 0.717) is 0 Å². The first-order valence-corrected chi connectivity index (χ1v) is 4.24. The summed E-state index contributed by atoms with van der Waals surface area (Å²) in [6, 6.07) is 9.28. The lowest BCUT2D eigenvalue weighted by atomic mass is 10.1. The first-order valence-electron chi connectivity index (χ1n) is 4.24. The average molecular weight is 189 g/mol. The fourth-order valence-electron chi connectivity index (χ4n) is 0.930. The second-order valence-electron chi connectivity index (χ2n) is 2.74. The number of benzene rings is 1. The molecule has 3 nitrogen and oxygen atoms in total. The number of carbonyl (C=O) groups is 2. The molecule has 1 aromatic rings. The molecule has 0 heterocycles. The molecule has 0 aliphatic carbocycles. The zero-order valence-corrected chi connectivity index (χ0v) is 7.64. The predicted octanol–water partition coefficient (Wildman–Crippen LogP) is 0.797. The highest BCUT2D eigenvalue weighted by Crippen LogP contribution is 2.00. The highest BCUT2D eigenvalue weighted by Gasteiger charge is 2.05. The molecule has 0 bridgehead atoms. The molecule has 0 atom stereocenters. The number of allylic oxidation sites excluding steroid dienone is 1. The van der Waals surface area contributed by atoms with Crippen molar-refractivity contribution in [1.82, 2.24) is 0 Å². The summed E-state index contributed by atoms with van der Waals surface area (Å²) in [7, 11) is 0. The smallest absolute Gasteiger partial charge is 0.222 e. The van der Waals surface area contributed by atoms with Crippen LogP contribution in [0, 0.1) is 0 Å².